The molecule has 5 heteroatoms. The van der Waals surface area contributed by atoms with E-state index in [1.165, 1.54) is 5.56 Å². The smallest absolute Gasteiger partial charge is 0.191 e. The van der Waals surface area contributed by atoms with E-state index in [0.717, 1.165) is 31.2 Å². The summed E-state index contributed by atoms with van der Waals surface area (Å²) in [4.78, 5) is 4.17. The summed E-state index contributed by atoms with van der Waals surface area (Å²) in [5.41, 5.74) is 1.27. The van der Waals surface area contributed by atoms with Gasteiger partial charge in [0.2, 0.25) is 0 Å². The summed E-state index contributed by atoms with van der Waals surface area (Å²) in [5, 5.41) is 10.7. The average molecular weight is 263 g/mol. The summed E-state index contributed by atoms with van der Waals surface area (Å²) in [6.45, 7) is 1.60. The lowest BCUT2D eigenvalue weighted by atomic mass is 10.3. The van der Waals surface area contributed by atoms with E-state index < -0.39 is 0 Å². The minimum Gasteiger partial charge on any atom is -0.469 e. The molecular weight excluding hydrogens is 246 g/mol. The number of hydrogen-bond acceptors (Lipinski definition) is 3. The summed E-state index contributed by atoms with van der Waals surface area (Å²) in [6, 6.07) is 5.98. The summed E-state index contributed by atoms with van der Waals surface area (Å²) in [5.74, 6) is 1.79. The van der Waals surface area contributed by atoms with Crippen LogP contribution in [0.2, 0.25) is 0 Å². The van der Waals surface area contributed by atoms with Crippen LogP contribution in [0.25, 0.3) is 0 Å². The number of furan rings is 1. The largest absolute Gasteiger partial charge is 0.469 e. The number of nitrogens with one attached hydrogen (secondary N) is 2. The summed E-state index contributed by atoms with van der Waals surface area (Å²) < 4.78 is 5.27. The fourth-order valence-corrected chi connectivity index (χ4v) is 2.23. The topological polar surface area (TPSA) is 49.6 Å². The van der Waals surface area contributed by atoms with Gasteiger partial charge in [-0.1, -0.05) is 0 Å². The first kappa shape index (κ1) is 12.7. The van der Waals surface area contributed by atoms with Crippen LogP contribution in [0.15, 0.2) is 44.6 Å². The van der Waals surface area contributed by atoms with Gasteiger partial charge >= 0.3 is 0 Å². The molecule has 0 saturated carbocycles. The summed E-state index contributed by atoms with van der Waals surface area (Å²) in [7, 11) is 1.77. The Morgan fingerprint density at radius 2 is 2.33 bits per heavy atom. The van der Waals surface area contributed by atoms with Gasteiger partial charge in [0, 0.05) is 26.6 Å². The van der Waals surface area contributed by atoms with Crippen molar-refractivity contribution in [3.05, 3.63) is 46.5 Å². The van der Waals surface area contributed by atoms with E-state index in [2.05, 4.69) is 32.5 Å². The van der Waals surface area contributed by atoms with E-state index in [-0.39, 0.29) is 0 Å². The zero-order valence-corrected chi connectivity index (χ0v) is 11.2. The third kappa shape index (κ3) is 3.92. The first-order valence-electron chi connectivity index (χ1n) is 5.86. The molecule has 0 spiro atoms. The molecule has 0 saturated heterocycles. The maximum absolute atomic E-state index is 5.27. The molecule has 0 atom stereocenters. The van der Waals surface area contributed by atoms with Crippen molar-refractivity contribution in [2.45, 2.75) is 13.0 Å². The standard InChI is InChI=1S/C13H17N3OS/c1-14-13(16-9-11-5-8-18-10-11)15-6-4-12-3-2-7-17-12/h2-3,5,7-8,10H,4,6,9H2,1H3,(H2,14,15,16). The van der Waals surface area contributed by atoms with Gasteiger partial charge in [-0.25, -0.2) is 0 Å². The van der Waals surface area contributed by atoms with E-state index in [1.54, 1.807) is 24.6 Å². The van der Waals surface area contributed by atoms with Gasteiger partial charge in [0.1, 0.15) is 5.76 Å². The molecule has 0 aliphatic heterocycles. The Morgan fingerprint density at radius 3 is 3.00 bits per heavy atom. The maximum Gasteiger partial charge on any atom is 0.191 e. The molecule has 2 heterocycles. The molecule has 18 heavy (non-hydrogen) atoms. The second-order valence-corrected chi connectivity index (χ2v) is 4.59. The van der Waals surface area contributed by atoms with Gasteiger partial charge < -0.3 is 15.1 Å². The van der Waals surface area contributed by atoms with Gasteiger partial charge in [0.25, 0.3) is 0 Å². The zero-order chi connectivity index (χ0) is 12.6. The van der Waals surface area contributed by atoms with Crippen LogP contribution in [-0.4, -0.2) is 19.6 Å². The molecule has 0 aromatic carbocycles. The van der Waals surface area contributed by atoms with E-state index in [0.29, 0.717) is 0 Å². The third-order valence-electron chi connectivity index (χ3n) is 2.51. The molecule has 96 valence electrons. The summed E-state index contributed by atoms with van der Waals surface area (Å²) >= 11 is 1.70. The van der Waals surface area contributed by atoms with Crippen LogP contribution in [0, 0.1) is 0 Å². The van der Waals surface area contributed by atoms with Crippen LogP contribution in [0.5, 0.6) is 0 Å². The van der Waals surface area contributed by atoms with Gasteiger partial charge in [-0.05, 0) is 34.5 Å². The zero-order valence-electron chi connectivity index (χ0n) is 10.3. The van der Waals surface area contributed by atoms with Gasteiger partial charge in [0.05, 0.1) is 6.26 Å². The molecule has 2 aromatic rings. The van der Waals surface area contributed by atoms with Crippen molar-refractivity contribution in [3.63, 3.8) is 0 Å². The first-order chi connectivity index (χ1) is 8.88. The Balaban J connectivity index is 1.69. The van der Waals surface area contributed by atoms with Gasteiger partial charge in [0.15, 0.2) is 5.96 Å². The molecule has 0 aliphatic rings. The average Bonchev–Trinajstić information content (AvgIpc) is 3.06. The Kier molecular flexibility index (Phi) is 4.84. The maximum atomic E-state index is 5.27. The second kappa shape index (κ2) is 6.86. The minimum atomic E-state index is 0.796. The molecule has 0 amide bonds. The highest BCUT2D eigenvalue weighted by Gasteiger charge is 1.99. The number of rotatable bonds is 5. The van der Waals surface area contributed by atoms with Crippen LogP contribution in [-0.2, 0) is 13.0 Å². The summed E-state index contributed by atoms with van der Waals surface area (Å²) in [6.07, 6.45) is 2.55. The Bertz CT molecular complexity index is 462. The molecule has 0 fully saturated rings. The van der Waals surface area contributed by atoms with Crippen molar-refractivity contribution in [1.82, 2.24) is 10.6 Å². The van der Waals surface area contributed by atoms with Gasteiger partial charge in [-0.15, -0.1) is 0 Å². The third-order valence-corrected chi connectivity index (χ3v) is 3.24. The van der Waals surface area contributed by atoms with E-state index in [4.69, 9.17) is 4.42 Å². The molecule has 2 aromatic heterocycles. The highest BCUT2D eigenvalue weighted by molar-refractivity contribution is 7.07. The molecule has 0 radical (unpaired) electrons. The number of hydrogen-bond donors (Lipinski definition) is 2. The SMILES string of the molecule is CN=C(NCCc1ccco1)NCc1ccsc1. The Morgan fingerprint density at radius 1 is 1.39 bits per heavy atom. The lowest BCUT2D eigenvalue weighted by molar-refractivity contribution is 0.507. The number of nitrogens with zero attached hydrogens (tertiary/aromatic N) is 1. The highest BCUT2D eigenvalue weighted by Crippen LogP contribution is 2.04. The lowest BCUT2D eigenvalue weighted by Crippen LogP contribution is -2.37. The normalized spacial score (nSPS) is 11.5. The number of thiophene rings is 1. The highest BCUT2D eigenvalue weighted by atomic mass is 32.1. The van der Waals surface area contributed by atoms with Gasteiger partial charge in [-0.2, -0.15) is 11.3 Å². The molecule has 0 unspecified atom stereocenters. The van der Waals surface area contributed by atoms with Crippen molar-refractivity contribution in [3.8, 4) is 0 Å². The predicted molar refractivity (Wildman–Crippen MR) is 74.9 cm³/mol. The van der Waals surface area contributed by atoms with Crippen molar-refractivity contribution >= 4 is 17.3 Å². The molecule has 2 N–H and O–H groups in total. The number of aliphatic imine (C=N–C) groups is 1. The van der Waals surface area contributed by atoms with Crippen LogP contribution >= 0.6 is 11.3 Å². The molecule has 2 rings (SSSR count). The van der Waals surface area contributed by atoms with Crippen LogP contribution in [0.1, 0.15) is 11.3 Å². The quantitative estimate of drug-likeness (QED) is 0.642. The number of guanidine groups is 1. The van der Waals surface area contributed by atoms with E-state index in [9.17, 15) is 0 Å². The fraction of sp³-hybridized carbons (Fsp3) is 0.308. The molecule has 4 nitrogen and oxygen atoms in total. The lowest BCUT2D eigenvalue weighted by Gasteiger charge is -2.10. The van der Waals surface area contributed by atoms with Crippen LogP contribution in [0.3, 0.4) is 0 Å². The molecule has 0 bridgehead atoms. The molecular formula is C13H17N3OS. The molecule has 0 aliphatic carbocycles. The van der Waals surface area contributed by atoms with E-state index in [1.807, 2.05) is 12.1 Å². The predicted octanol–water partition coefficient (Wildman–Crippen LogP) is 2.25. The van der Waals surface area contributed by atoms with Crippen molar-refractivity contribution in [2.75, 3.05) is 13.6 Å². The minimum absolute atomic E-state index is 0.796. The van der Waals surface area contributed by atoms with Crippen LogP contribution < -0.4 is 10.6 Å². The Labute approximate surface area is 111 Å². The first-order valence-corrected chi connectivity index (χ1v) is 6.81. The van der Waals surface area contributed by atoms with Crippen LogP contribution in [0.4, 0.5) is 0 Å². The second-order valence-electron chi connectivity index (χ2n) is 3.81. The fourth-order valence-electron chi connectivity index (χ4n) is 1.56. The van der Waals surface area contributed by atoms with Gasteiger partial charge in [-0.3, -0.25) is 4.99 Å². The van der Waals surface area contributed by atoms with Crippen molar-refractivity contribution < 1.29 is 4.42 Å². The Hall–Kier alpha value is -1.75. The van der Waals surface area contributed by atoms with Crippen molar-refractivity contribution in [1.29, 1.82) is 0 Å². The monoisotopic (exact) mass is 263 g/mol. The van der Waals surface area contributed by atoms with E-state index >= 15 is 0 Å². The van der Waals surface area contributed by atoms with Crippen molar-refractivity contribution in [2.24, 2.45) is 4.99 Å².